The highest BCUT2D eigenvalue weighted by Crippen LogP contribution is 2.22. The second-order valence-corrected chi connectivity index (χ2v) is 6.01. The van der Waals surface area contributed by atoms with Crippen LogP contribution in [0.15, 0.2) is 53.4 Å². The molecule has 0 aliphatic carbocycles. The third-order valence-electron chi connectivity index (χ3n) is 2.75. The summed E-state index contributed by atoms with van der Waals surface area (Å²) in [5, 5.41) is 13.9. The van der Waals surface area contributed by atoms with E-state index in [0.717, 1.165) is 4.90 Å². The number of rotatable bonds is 6. The number of nitrogens with zero attached hydrogens (tertiary/aromatic N) is 1. The minimum atomic E-state index is -0.438. The number of thioether (sulfide) groups is 1. The Morgan fingerprint density at radius 1 is 1.23 bits per heavy atom. The van der Waals surface area contributed by atoms with Gasteiger partial charge in [-0.1, -0.05) is 17.7 Å². The molecule has 0 aromatic heterocycles. The fourth-order valence-corrected chi connectivity index (χ4v) is 2.76. The van der Waals surface area contributed by atoms with Crippen molar-refractivity contribution in [2.75, 3.05) is 11.1 Å². The number of nitro benzene ring substituents is 1. The predicted molar refractivity (Wildman–Crippen MR) is 88.5 cm³/mol. The number of anilines is 1. The van der Waals surface area contributed by atoms with E-state index in [2.05, 4.69) is 5.32 Å². The molecule has 22 heavy (non-hydrogen) atoms. The number of amides is 1. The Labute approximate surface area is 136 Å². The lowest BCUT2D eigenvalue weighted by atomic mass is 10.3. The van der Waals surface area contributed by atoms with E-state index in [-0.39, 0.29) is 11.6 Å². The molecular formula is C15H13ClN2O3S. The van der Waals surface area contributed by atoms with Gasteiger partial charge in [0.25, 0.3) is 5.69 Å². The van der Waals surface area contributed by atoms with E-state index in [4.69, 9.17) is 11.6 Å². The molecule has 0 spiro atoms. The number of halogens is 1. The molecule has 5 nitrogen and oxygen atoms in total. The van der Waals surface area contributed by atoms with Gasteiger partial charge >= 0.3 is 0 Å². The van der Waals surface area contributed by atoms with Crippen molar-refractivity contribution in [3.8, 4) is 0 Å². The van der Waals surface area contributed by atoms with Gasteiger partial charge in [0.2, 0.25) is 5.91 Å². The molecule has 0 radical (unpaired) electrons. The van der Waals surface area contributed by atoms with Gasteiger partial charge in [0.15, 0.2) is 0 Å². The van der Waals surface area contributed by atoms with Gasteiger partial charge in [-0.2, -0.15) is 0 Å². The van der Waals surface area contributed by atoms with Crippen molar-refractivity contribution in [2.24, 2.45) is 0 Å². The van der Waals surface area contributed by atoms with Crippen LogP contribution in [0.1, 0.15) is 6.42 Å². The molecule has 0 saturated carbocycles. The van der Waals surface area contributed by atoms with Gasteiger partial charge in [-0.25, -0.2) is 0 Å². The van der Waals surface area contributed by atoms with Crippen LogP contribution in [0.2, 0.25) is 5.02 Å². The molecule has 0 aliphatic heterocycles. The van der Waals surface area contributed by atoms with Crippen LogP contribution in [0.5, 0.6) is 0 Å². The van der Waals surface area contributed by atoms with Gasteiger partial charge in [0.05, 0.1) is 4.92 Å². The summed E-state index contributed by atoms with van der Waals surface area (Å²) in [6.45, 7) is 0. The van der Waals surface area contributed by atoms with Gasteiger partial charge in [-0.05, 0) is 30.3 Å². The number of nitrogens with one attached hydrogen (secondary N) is 1. The predicted octanol–water partition coefficient (Wildman–Crippen LogP) is 4.37. The van der Waals surface area contributed by atoms with Crippen molar-refractivity contribution in [1.29, 1.82) is 0 Å². The fraction of sp³-hybridized carbons (Fsp3) is 0.133. The van der Waals surface area contributed by atoms with Crippen LogP contribution in [0.25, 0.3) is 0 Å². The molecule has 0 atom stereocenters. The number of hydrogen-bond donors (Lipinski definition) is 1. The van der Waals surface area contributed by atoms with Gasteiger partial charge in [0.1, 0.15) is 0 Å². The Bertz CT molecular complexity index is 677. The van der Waals surface area contributed by atoms with Crippen LogP contribution in [0.4, 0.5) is 11.4 Å². The summed E-state index contributed by atoms with van der Waals surface area (Å²) in [5.74, 6) is 0.487. The molecule has 114 valence electrons. The Morgan fingerprint density at radius 2 is 1.95 bits per heavy atom. The highest BCUT2D eigenvalue weighted by atomic mass is 35.5. The first-order chi connectivity index (χ1) is 10.5. The zero-order valence-electron chi connectivity index (χ0n) is 11.5. The maximum atomic E-state index is 11.8. The molecule has 0 unspecified atom stereocenters. The zero-order valence-corrected chi connectivity index (χ0v) is 13.1. The molecule has 1 N–H and O–H groups in total. The molecule has 0 aliphatic rings. The molecule has 0 saturated heterocycles. The summed E-state index contributed by atoms with van der Waals surface area (Å²) in [7, 11) is 0. The lowest BCUT2D eigenvalue weighted by molar-refractivity contribution is -0.384. The quantitative estimate of drug-likeness (QED) is 0.483. The van der Waals surface area contributed by atoms with E-state index in [1.807, 2.05) is 0 Å². The summed E-state index contributed by atoms with van der Waals surface area (Å²) in [4.78, 5) is 22.8. The maximum absolute atomic E-state index is 11.8. The summed E-state index contributed by atoms with van der Waals surface area (Å²) in [6, 6.07) is 13.2. The smallest absolute Gasteiger partial charge is 0.269 e. The van der Waals surface area contributed by atoms with Crippen LogP contribution in [0, 0.1) is 10.1 Å². The maximum Gasteiger partial charge on any atom is 0.269 e. The van der Waals surface area contributed by atoms with Crippen LogP contribution < -0.4 is 5.32 Å². The van der Waals surface area contributed by atoms with Crippen molar-refractivity contribution < 1.29 is 9.72 Å². The van der Waals surface area contributed by atoms with Crippen LogP contribution >= 0.6 is 23.4 Å². The van der Waals surface area contributed by atoms with E-state index in [1.54, 1.807) is 36.4 Å². The molecule has 7 heteroatoms. The van der Waals surface area contributed by atoms with Crippen molar-refractivity contribution in [3.05, 3.63) is 63.7 Å². The Hall–Kier alpha value is -2.05. The Kier molecular flexibility index (Phi) is 5.80. The van der Waals surface area contributed by atoms with Crippen molar-refractivity contribution >= 4 is 40.6 Å². The highest BCUT2D eigenvalue weighted by molar-refractivity contribution is 7.99. The van der Waals surface area contributed by atoms with E-state index >= 15 is 0 Å². The van der Waals surface area contributed by atoms with Gasteiger partial charge in [-0.15, -0.1) is 11.8 Å². The number of carbonyl (C=O) groups excluding carboxylic acids is 1. The summed E-state index contributed by atoms with van der Waals surface area (Å²) >= 11 is 7.32. The first-order valence-corrected chi connectivity index (χ1v) is 7.83. The monoisotopic (exact) mass is 336 g/mol. The van der Waals surface area contributed by atoms with Crippen molar-refractivity contribution in [2.45, 2.75) is 11.3 Å². The first kappa shape index (κ1) is 16.3. The summed E-state index contributed by atoms with van der Waals surface area (Å²) in [6.07, 6.45) is 0.341. The minimum Gasteiger partial charge on any atom is -0.326 e. The number of benzene rings is 2. The van der Waals surface area contributed by atoms with Crippen LogP contribution in [-0.2, 0) is 4.79 Å². The van der Waals surface area contributed by atoms with Crippen molar-refractivity contribution in [1.82, 2.24) is 0 Å². The largest absolute Gasteiger partial charge is 0.326 e. The highest BCUT2D eigenvalue weighted by Gasteiger charge is 2.06. The number of carbonyl (C=O) groups is 1. The van der Waals surface area contributed by atoms with E-state index < -0.39 is 4.92 Å². The standard InChI is InChI=1S/C15H13ClN2O3S/c16-11-2-1-3-12(10-11)17-15(19)8-9-22-14-6-4-13(5-7-14)18(20)21/h1-7,10H,8-9H2,(H,17,19). The Balaban J connectivity index is 1.78. The second-order valence-electron chi connectivity index (χ2n) is 4.41. The molecule has 2 aromatic rings. The number of non-ortho nitro benzene ring substituents is 1. The topological polar surface area (TPSA) is 72.2 Å². The normalized spacial score (nSPS) is 10.2. The average molecular weight is 337 g/mol. The van der Waals surface area contributed by atoms with Crippen LogP contribution in [-0.4, -0.2) is 16.6 Å². The minimum absolute atomic E-state index is 0.0584. The zero-order chi connectivity index (χ0) is 15.9. The van der Waals surface area contributed by atoms with E-state index in [0.29, 0.717) is 22.9 Å². The van der Waals surface area contributed by atoms with E-state index in [1.165, 1.54) is 23.9 Å². The molecule has 0 fully saturated rings. The average Bonchev–Trinajstić information content (AvgIpc) is 2.47. The molecule has 0 bridgehead atoms. The molecule has 2 aromatic carbocycles. The van der Waals surface area contributed by atoms with Gasteiger partial charge in [0, 0.05) is 39.9 Å². The lowest BCUT2D eigenvalue weighted by Crippen LogP contribution is -2.12. The van der Waals surface area contributed by atoms with Gasteiger partial charge in [-0.3, -0.25) is 14.9 Å². The SMILES string of the molecule is O=C(CCSc1ccc([N+](=O)[O-])cc1)Nc1cccc(Cl)c1. The molecular weight excluding hydrogens is 324 g/mol. The Morgan fingerprint density at radius 3 is 2.59 bits per heavy atom. The third-order valence-corrected chi connectivity index (χ3v) is 4.00. The number of hydrogen-bond acceptors (Lipinski definition) is 4. The molecule has 2 rings (SSSR count). The second kappa shape index (κ2) is 7.82. The first-order valence-electron chi connectivity index (χ1n) is 6.47. The number of nitro groups is 1. The summed E-state index contributed by atoms with van der Waals surface area (Å²) in [5.41, 5.74) is 0.723. The van der Waals surface area contributed by atoms with Crippen LogP contribution in [0.3, 0.4) is 0 Å². The van der Waals surface area contributed by atoms with E-state index in [9.17, 15) is 14.9 Å². The molecule has 0 heterocycles. The lowest BCUT2D eigenvalue weighted by Gasteiger charge is -2.05. The van der Waals surface area contributed by atoms with Crippen molar-refractivity contribution in [3.63, 3.8) is 0 Å². The molecule has 1 amide bonds. The third kappa shape index (κ3) is 5.05. The fourth-order valence-electron chi connectivity index (χ4n) is 1.72. The van der Waals surface area contributed by atoms with Gasteiger partial charge < -0.3 is 5.32 Å². The summed E-state index contributed by atoms with van der Waals surface area (Å²) < 4.78 is 0.